The molecule has 38 heavy (non-hydrogen) atoms. The van der Waals surface area contributed by atoms with E-state index in [9.17, 15) is 13.2 Å². The second kappa shape index (κ2) is 10.1. The Hall–Kier alpha value is -3.96. The van der Waals surface area contributed by atoms with E-state index >= 15 is 0 Å². The molecule has 0 unspecified atom stereocenters. The SMILES string of the molecule is COc1ccccc1NC(=O)c1nn2c(C)cc(C)nc2c1-c1ccc(OC)c(S(=O)(=O)N2CCCC2)c1. The van der Waals surface area contributed by atoms with Gasteiger partial charge in [-0.2, -0.15) is 9.40 Å². The van der Waals surface area contributed by atoms with Crippen LogP contribution in [0, 0.1) is 13.8 Å². The maximum Gasteiger partial charge on any atom is 0.277 e. The molecule has 1 N–H and O–H groups in total. The summed E-state index contributed by atoms with van der Waals surface area (Å²) in [5, 5.41) is 7.48. The number of nitrogens with one attached hydrogen (secondary N) is 1. The summed E-state index contributed by atoms with van der Waals surface area (Å²) in [6.45, 7) is 4.64. The molecule has 0 bridgehead atoms. The normalized spacial score (nSPS) is 14.1. The zero-order valence-electron chi connectivity index (χ0n) is 21.7. The molecule has 1 aliphatic rings. The van der Waals surface area contributed by atoms with E-state index in [-0.39, 0.29) is 16.3 Å². The van der Waals surface area contributed by atoms with E-state index in [1.165, 1.54) is 18.5 Å². The van der Waals surface area contributed by atoms with Crippen molar-refractivity contribution in [3.63, 3.8) is 0 Å². The van der Waals surface area contributed by atoms with E-state index in [0.717, 1.165) is 24.2 Å². The number of amides is 1. The van der Waals surface area contributed by atoms with Crippen molar-refractivity contribution < 1.29 is 22.7 Å². The van der Waals surface area contributed by atoms with Gasteiger partial charge in [0.1, 0.15) is 16.4 Å². The van der Waals surface area contributed by atoms with Crippen molar-refractivity contribution in [1.82, 2.24) is 18.9 Å². The lowest BCUT2D eigenvalue weighted by Gasteiger charge is -2.18. The molecule has 0 spiro atoms. The number of fused-ring (bicyclic) bond motifs is 1. The highest BCUT2D eigenvalue weighted by Gasteiger charge is 2.32. The van der Waals surface area contributed by atoms with Crippen LogP contribution < -0.4 is 14.8 Å². The molecular weight excluding hydrogens is 506 g/mol. The van der Waals surface area contributed by atoms with Gasteiger partial charge in [0.05, 0.1) is 25.5 Å². The molecule has 0 aliphatic carbocycles. The number of hydrogen-bond acceptors (Lipinski definition) is 7. The van der Waals surface area contributed by atoms with Crippen molar-refractivity contribution in [1.29, 1.82) is 0 Å². The third-order valence-electron chi connectivity index (χ3n) is 6.60. The first-order chi connectivity index (χ1) is 18.2. The van der Waals surface area contributed by atoms with Crippen molar-refractivity contribution in [2.45, 2.75) is 31.6 Å². The standard InChI is InChI=1S/C27H29N5O5S/c1-17-15-18(2)32-26(28-17)24(25(30-32)27(33)29-20-9-5-6-10-21(20)36-3)19-11-12-22(37-4)23(16-19)38(34,35)31-13-7-8-14-31/h5-6,9-12,15-16H,7-8,13-14H2,1-4H3,(H,29,33). The van der Waals surface area contributed by atoms with Gasteiger partial charge in [-0.15, -0.1) is 0 Å². The van der Waals surface area contributed by atoms with E-state index < -0.39 is 15.9 Å². The molecule has 0 radical (unpaired) electrons. The Kier molecular flexibility index (Phi) is 6.80. The van der Waals surface area contributed by atoms with Crippen molar-refractivity contribution in [2.24, 2.45) is 0 Å². The number of anilines is 1. The van der Waals surface area contributed by atoms with Gasteiger partial charge in [-0.25, -0.2) is 17.9 Å². The first kappa shape index (κ1) is 25.7. The highest BCUT2D eigenvalue weighted by Crippen LogP contribution is 2.36. The summed E-state index contributed by atoms with van der Waals surface area (Å²) in [6.07, 6.45) is 1.62. The predicted molar refractivity (Wildman–Crippen MR) is 143 cm³/mol. The Labute approximate surface area is 221 Å². The summed E-state index contributed by atoms with van der Waals surface area (Å²) >= 11 is 0. The van der Waals surface area contributed by atoms with Gasteiger partial charge in [0.2, 0.25) is 10.0 Å². The fourth-order valence-corrected chi connectivity index (χ4v) is 6.48. The molecule has 1 aliphatic heterocycles. The average molecular weight is 536 g/mol. The van der Waals surface area contributed by atoms with Crippen LogP contribution in [0.15, 0.2) is 53.4 Å². The minimum Gasteiger partial charge on any atom is -0.495 e. The third-order valence-corrected chi connectivity index (χ3v) is 8.52. The largest absolute Gasteiger partial charge is 0.495 e. The number of aromatic nitrogens is 3. The van der Waals surface area contributed by atoms with Gasteiger partial charge < -0.3 is 14.8 Å². The first-order valence-corrected chi connectivity index (χ1v) is 13.7. The average Bonchev–Trinajstić information content (AvgIpc) is 3.58. The van der Waals surface area contributed by atoms with Crippen LogP contribution in [0.1, 0.15) is 34.7 Å². The predicted octanol–water partition coefficient (Wildman–Crippen LogP) is 4.07. The summed E-state index contributed by atoms with van der Waals surface area (Å²) in [4.78, 5) is 18.3. The van der Waals surface area contributed by atoms with Crippen molar-refractivity contribution >= 4 is 27.3 Å². The highest BCUT2D eigenvalue weighted by atomic mass is 32.2. The Morgan fingerprint density at radius 3 is 2.39 bits per heavy atom. The molecule has 1 amide bonds. The molecule has 0 saturated carbocycles. The minimum absolute atomic E-state index is 0.0409. The second-order valence-corrected chi connectivity index (χ2v) is 11.0. The molecule has 4 aromatic rings. The molecule has 5 rings (SSSR count). The van der Waals surface area contributed by atoms with Gasteiger partial charge in [0.25, 0.3) is 5.91 Å². The summed E-state index contributed by atoms with van der Waals surface area (Å²) in [6, 6.07) is 13.8. The fraction of sp³-hybridized carbons (Fsp3) is 0.296. The molecule has 1 saturated heterocycles. The number of ether oxygens (including phenoxy) is 2. The van der Waals surface area contributed by atoms with Crippen LogP contribution in [-0.2, 0) is 10.0 Å². The van der Waals surface area contributed by atoms with E-state index in [4.69, 9.17) is 9.47 Å². The van der Waals surface area contributed by atoms with Gasteiger partial charge in [0, 0.05) is 24.5 Å². The molecular formula is C27H29N5O5S. The number of methoxy groups -OCH3 is 2. The fourth-order valence-electron chi connectivity index (χ4n) is 4.78. The Morgan fingerprint density at radius 1 is 0.974 bits per heavy atom. The lowest BCUT2D eigenvalue weighted by Crippen LogP contribution is -2.28. The third kappa shape index (κ3) is 4.48. The van der Waals surface area contributed by atoms with Crippen LogP contribution in [0.4, 0.5) is 5.69 Å². The number of benzene rings is 2. The number of hydrogen-bond donors (Lipinski definition) is 1. The van der Waals surface area contributed by atoms with E-state index in [0.29, 0.717) is 41.3 Å². The smallest absolute Gasteiger partial charge is 0.277 e. The summed E-state index contributed by atoms with van der Waals surface area (Å²) in [5.41, 5.74) is 3.46. The van der Waals surface area contributed by atoms with E-state index in [1.54, 1.807) is 47.0 Å². The van der Waals surface area contributed by atoms with Gasteiger partial charge >= 0.3 is 0 Å². The Balaban J connectivity index is 1.70. The number of carbonyl (C=O) groups is 1. The molecule has 10 nitrogen and oxygen atoms in total. The summed E-state index contributed by atoms with van der Waals surface area (Å²) in [7, 11) is -0.849. The Bertz CT molecular complexity index is 1640. The van der Waals surface area contributed by atoms with Crippen molar-refractivity contribution in [2.75, 3.05) is 32.6 Å². The first-order valence-electron chi connectivity index (χ1n) is 12.2. The van der Waals surface area contributed by atoms with Crippen LogP contribution in [-0.4, -0.2) is 60.5 Å². The van der Waals surface area contributed by atoms with Crippen LogP contribution in [0.5, 0.6) is 11.5 Å². The van der Waals surface area contributed by atoms with Crippen molar-refractivity contribution in [3.05, 3.63) is 65.6 Å². The lowest BCUT2D eigenvalue weighted by atomic mass is 10.0. The summed E-state index contributed by atoms with van der Waals surface area (Å²) in [5.74, 6) is 0.254. The highest BCUT2D eigenvalue weighted by molar-refractivity contribution is 7.89. The number of nitrogens with zero attached hydrogens (tertiary/aromatic N) is 4. The van der Waals surface area contributed by atoms with Crippen LogP contribution in [0.3, 0.4) is 0 Å². The number of aryl methyl sites for hydroxylation is 2. The molecule has 2 aromatic heterocycles. The molecule has 11 heteroatoms. The maximum absolute atomic E-state index is 13.6. The quantitative estimate of drug-likeness (QED) is 0.379. The van der Waals surface area contributed by atoms with Gasteiger partial charge in [-0.1, -0.05) is 18.2 Å². The van der Waals surface area contributed by atoms with E-state index in [2.05, 4.69) is 15.4 Å². The minimum atomic E-state index is -3.81. The lowest BCUT2D eigenvalue weighted by molar-refractivity contribution is 0.102. The van der Waals surface area contributed by atoms with Crippen LogP contribution in [0.25, 0.3) is 16.8 Å². The monoisotopic (exact) mass is 535 g/mol. The maximum atomic E-state index is 13.6. The van der Waals surface area contributed by atoms with Gasteiger partial charge in [-0.05, 0) is 62.6 Å². The van der Waals surface area contributed by atoms with Crippen LogP contribution >= 0.6 is 0 Å². The molecule has 0 atom stereocenters. The van der Waals surface area contributed by atoms with E-state index in [1.807, 2.05) is 19.9 Å². The van der Waals surface area contributed by atoms with Gasteiger partial charge in [0.15, 0.2) is 11.3 Å². The topological polar surface area (TPSA) is 115 Å². The molecule has 2 aromatic carbocycles. The zero-order chi connectivity index (χ0) is 27.0. The molecule has 1 fully saturated rings. The van der Waals surface area contributed by atoms with Crippen molar-refractivity contribution in [3.8, 4) is 22.6 Å². The molecule has 3 heterocycles. The number of para-hydroxylation sites is 2. The zero-order valence-corrected chi connectivity index (χ0v) is 22.5. The molecule has 198 valence electrons. The number of rotatable bonds is 7. The number of carbonyl (C=O) groups excluding carboxylic acids is 1. The second-order valence-electron chi connectivity index (χ2n) is 9.13. The Morgan fingerprint density at radius 2 is 1.68 bits per heavy atom. The van der Waals surface area contributed by atoms with Crippen LogP contribution in [0.2, 0.25) is 0 Å². The summed E-state index contributed by atoms with van der Waals surface area (Å²) < 4.78 is 41.0. The van der Waals surface area contributed by atoms with Gasteiger partial charge in [-0.3, -0.25) is 4.79 Å². The number of sulfonamides is 1.